The molecule has 1 aromatic carbocycles. The lowest BCUT2D eigenvalue weighted by molar-refractivity contribution is 0.0923. The van der Waals surface area contributed by atoms with Crippen molar-refractivity contribution in [3.63, 3.8) is 0 Å². The van der Waals surface area contributed by atoms with Crippen LogP contribution in [-0.2, 0) is 13.1 Å². The van der Waals surface area contributed by atoms with E-state index in [1.807, 2.05) is 4.57 Å². The van der Waals surface area contributed by atoms with Crippen LogP contribution in [-0.4, -0.2) is 15.5 Å². The standard InChI is InChI=1S/C18H20FN3O2/c1-11(2)9-22-10-20-7-13(22)8-21-18(23)16-12(3)14-5-4-6-15(19)17(14)24-16/h4-7,10-11H,8-9H2,1-3H3,(H,21,23). The van der Waals surface area contributed by atoms with Crippen LogP contribution in [0.5, 0.6) is 0 Å². The number of nitrogens with zero attached hydrogens (tertiary/aromatic N) is 2. The van der Waals surface area contributed by atoms with E-state index in [2.05, 4.69) is 24.1 Å². The van der Waals surface area contributed by atoms with Gasteiger partial charge >= 0.3 is 0 Å². The van der Waals surface area contributed by atoms with Crippen molar-refractivity contribution in [1.29, 1.82) is 0 Å². The molecule has 0 saturated carbocycles. The predicted octanol–water partition coefficient (Wildman–Crippen LogP) is 3.66. The molecule has 5 nitrogen and oxygen atoms in total. The van der Waals surface area contributed by atoms with Crippen molar-refractivity contribution in [2.24, 2.45) is 5.92 Å². The molecule has 0 bridgehead atoms. The number of hydrogen-bond donors (Lipinski definition) is 1. The molecule has 3 aromatic rings. The molecule has 2 heterocycles. The van der Waals surface area contributed by atoms with Gasteiger partial charge in [0, 0.05) is 23.7 Å². The van der Waals surface area contributed by atoms with E-state index < -0.39 is 5.82 Å². The maximum atomic E-state index is 13.8. The van der Waals surface area contributed by atoms with Crippen molar-refractivity contribution in [2.45, 2.75) is 33.9 Å². The number of hydrogen-bond acceptors (Lipinski definition) is 3. The normalized spacial score (nSPS) is 11.4. The molecule has 1 amide bonds. The highest BCUT2D eigenvalue weighted by Crippen LogP contribution is 2.27. The Morgan fingerprint density at radius 1 is 1.42 bits per heavy atom. The van der Waals surface area contributed by atoms with E-state index >= 15 is 0 Å². The molecule has 0 atom stereocenters. The third-order valence-electron chi connectivity index (χ3n) is 3.91. The Balaban J connectivity index is 1.78. The van der Waals surface area contributed by atoms with E-state index in [1.165, 1.54) is 6.07 Å². The van der Waals surface area contributed by atoms with E-state index in [0.29, 0.717) is 23.4 Å². The molecule has 2 aromatic heterocycles. The molecule has 0 unspecified atom stereocenters. The van der Waals surface area contributed by atoms with Crippen molar-refractivity contribution < 1.29 is 13.6 Å². The lowest BCUT2D eigenvalue weighted by Crippen LogP contribution is -2.24. The second kappa shape index (κ2) is 6.47. The first-order valence-electron chi connectivity index (χ1n) is 7.92. The highest BCUT2D eigenvalue weighted by atomic mass is 19.1. The van der Waals surface area contributed by atoms with Gasteiger partial charge in [-0.2, -0.15) is 0 Å². The van der Waals surface area contributed by atoms with Gasteiger partial charge in [0.2, 0.25) is 0 Å². The van der Waals surface area contributed by atoms with Crippen LogP contribution in [0.15, 0.2) is 35.1 Å². The number of aryl methyl sites for hydroxylation is 1. The summed E-state index contributed by atoms with van der Waals surface area (Å²) in [6, 6.07) is 4.66. The van der Waals surface area contributed by atoms with E-state index in [4.69, 9.17) is 4.42 Å². The third kappa shape index (κ3) is 3.04. The van der Waals surface area contributed by atoms with Crippen molar-refractivity contribution in [1.82, 2.24) is 14.9 Å². The summed E-state index contributed by atoms with van der Waals surface area (Å²) in [5.74, 6) is -0.204. The molecule has 3 rings (SSSR count). The van der Waals surface area contributed by atoms with Gasteiger partial charge in [0.15, 0.2) is 17.2 Å². The number of rotatable bonds is 5. The van der Waals surface area contributed by atoms with E-state index in [1.54, 1.807) is 31.6 Å². The van der Waals surface area contributed by atoms with Crippen LogP contribution in [0.25, 0.3) is 11.0 Å². The monoisotopic (exact) mass is 329 g/mol. The fraction of sp³-hybridized carbons (Fsp3) is 0.333. The van der Waals surface area contributed by atoms with Gasteiger partial charge in [-0.1, -0.05) is 26.0 Å². The van der Waals surface area contributed by atoms with Crippen LogP contribution in [0, 0.1) is 18.7 Å². The molecule has 0 saturated heterocycles. The van der Waals surface area contributed by atoms with Gasteiger partial charge < -0.3 is 14.3 Å². The van der Waals surface area contributed by atoms with Gasteiger partial charge in [-0.3, -0.25) is 4.79 Å². The summed E-state index contributed by atoms with van der Waals surface area (Å²) in [6.07, 6.45) is 3.48. The quantitative estimate of drug-likeness (QED) is 0.777. The minimum Gasteiger partial charge on any atom is -0.448 e. The van der Waals surface area contributed by atoms with Crippen LogP contribution >= 0.6 is 0 Å². The average molecular weight is 329 g/mol. The van der Waals surface area contributed by atoms with Crippen LogP contribution in [0.2, 0.25) is 0 Å². The molecule has 0 radical (unpaired) electrons. The lowest BCUT2D eigenvalue weighted by Gasteiger charge is -2.11. The Hall–Kier alpha value is -2.63. The summed E-state index contributed by atoms with van der Waals surface area (Å²) < 4.78 is 21.2. The zero-order chi connectivity index (χ0) is 17.3. The number of carbonyl (C=O) groups excluding carboxylic acids is 1. The minimum atomic E-state index is -0.468. The zero-order valence-electron chi connectivity index (χ0n) is 14.0. The first-order valence-corrected chi connectivity index (χ1v) is 7.92. The van der Waals surface area contributed by atoms with E-state index in [-0.39, 0.29) is 17.3 Å². The van der Waals surface area contributed by atoms with Crippen LogP contribution in [0.4, 0.5) is 4.39 Å². The Morgan fingerprint density at radius 3 is 2.92 bits per heavy atom. The SMILES string of the molecule is Cc1c(C(=O)NCc2cncn2CC(C)C)oc2c(F)cccc12. The van der Waals surface area contributed by atoms with Crippen LogP contribution < -0.4 is 5.32 Å². The fourth-order valence-electron chi connectivity index (χ4n) is 2.73. The van der Waals surface area contributed by atoms with Crippen molar-refractivity contribution in [2.75, 3.05) is 0 Å². The second-order valence-electron chi connectivity index (χ2n) is 6.29. The van der Waals surface area contributed by atoms with Crippen LogP contribution in [0.3, 0.4) is 0 Å². The highest BCUT2D eigenvalue weighted by molar-refractivity contribution is 5.98. The number of benzene rings is 1. The molecule has 0 aliphatic heterocycles. The Bertz CT molecular complexity index is 880. The van der Waals surface area contributed by atoms with Crippen molar-refractivity contribution in [3.05, 3.63) is 53.6 Å². The first kappa shape index (κ1) is 16.2. The van der Waals surface area contributed by atoms with Gasteiger partial charge in [0.1, 0.15) is 0 Å². The maximum Gasteiger partial charge on any atom is 0.287 e. The molecular weight excluding hydrogens is 309 g/mol. The zero-order valence-corrected chi connectivity index (χ0v) is 14.0. The number of carbonyl (C=O) groups is 1. The molecule has 0 fully saturated rings. The lowest BCUT2D eigenvalue weighted by atomic mass is 10.1. The number of halogens is 1. The van der Waals surface area contributed by atoms with Crippen LogP contribution in [0.1, 0.15) is 35.7 Å². The summed E-state index contributed by atoms with van der Waals surface area (Å²) in [5, 5.41) is 3.44. The molecule has 0 aliphatic rings. The van der Waals surface area contributed by atoms with Gasteiger partial charge in [-0.15, -0.1) is 0 Å². The third-order valence-corrected chi connectivity index (χ3v) is 3.91. The van der Waals surface area contributed by atoms with Gasteiger partial charge in [-0.05, 0) is 18.9 Å². The largest absolute Gasteiger partial charge is 0.448 e. The molecule has 6 heteroatoms. The molecular formula is C18H20FN3O2. The number of para-hydroxylation sites is 1. The van der Waals surface area contributed by atoms with Gasteiger partial charge in [-0.25, -0.2) is 9.37 Å². The van der Waals surface area contributed by atoms with Crippen molar-refractivity contribution >= 4 is 16.9 Å². The second-order valence-corrected chi connectivity index (χ2v) is 6.29. The van der Waals surface area contributed by atoms with E-state index in [9.17, 15) is 9.18 Å². The number of furan rings is 1. The summed E-state index contributed by atoms with van der Waals surface area (Å²) in [7, 11) is 0. The molecule has 1 N–H and O–H groups in total. The number of imidazole rings is 1. The summed E-state index contributed by atoms with van der Waals surface area (Å²) in [5.41, 5.74) is 1.67. The Morgan fingerprint density at radius 2 is 2.21 bits per heavy atom. The first-order chi connectivity index (χ1) is 11.5. The molecule has 0 spiro atoms. The fourth-order valence-corrected chi connectivity index (χ4v) is 2.73. The molecule has 0 aliphatic carbocycles. The minimum absolute atomic E-state index is 0.116. The predicted molar refractivity (Wildman–Crippen MR) is 89.1 cm³/mol. The maximum absolute atomic E-state index is 13.8. The van der Waals surface area contributed by atoms with E-state index in [0.717, 1.165) is 12.2 Å². The van der Waals surface area contributed by atoms with Gasteiger partial charge in [0.25, 0.3) is 5.91 Å². The number of fused-ring (bicyclic) bond motifs is 1. The Kier molecular flexibility index (Phi) is 4.38. The Labute approximate surface area is 139 Å². The number of nitrogens with one attached hydrogen (secondary N) is 1. The topological polar surface area (TPSA) is 60.1 Å². The van der Waals surface area contributed by atoms with Crippen molar-refractivity contribution in [3.8, 4) is 0 Å². The smallest absolute Gasteiger partial charge is 0.287 e. The number of amides is 1. The highest BCUT2D eigenvalue weighted by Gasteiger charge is 2.19. The average Bonchev–Trinajstić information content (AvgIpc) is 3.10. The molecule has 24 heavy (non-hydrogen) atoms. The molecule has 126 valence electrons. The summed E-state index contributed by atoms with van der Waals surface area (Å²) >= 11 is 0. The number of aromatic nitrogens is 2. The summed E-state index contributed by atoms with van der Waals surface area (Å²) in [4.78, 5) is 16.5. The summed E-state index contributed by atoms with van der Waals surface area (Å²) in [6.45, 7) is 7.16. The van der Waals surface area contributed by atoms with Gasteiger partial charge in [0.05, 0.1) is 18.6 Å².